The number of nitrogens with one attached hydrogen (secondary N) is 1. The first-order valence-corrected chi connectivity index (χ1v) is 7.29. The van der Waals surface area contributed by atoms with Crippen LogP contribution in [0.1, 0.15) is 13.8 Å². The van der Waals surface area contributed by atoms with Crippen molar-refractivity contribution in [2.24, 2.45) is 0 Å². The van der Waals surface area contributed by atoms with Crippen LogP contribution in [0.2, 0.25) is 0 Å². The second kappa shape index (κ2) is 8.62. The molecular weight excluding hydrogens is 334 g/mol. The highest BCUT2D eigenvalue weighted by Gasteiger charge is 2.17. The number of hydrogen-bond acceptors (Lipinski definition) is 7. The monoisotopic (exact) mass is 353 g/mol. The van der Waals surface area contributed by atoms with Crippen LogP contribution in [0, 0.1) is 0 Å². The topological polar surface area (TPSA) is 129 Å². The lowest BCUT2D eigenvalue weighted by Gasteiger charge is -2.16. The molecule has 0 amide bonds. The zero-order chi connectivity index (χ0) is 19.1. The standard InChI is InChI=1S/C15H19N3O7/c1-5-11(19)24-9(3)7-17-13(21)16-14(22)18(15(17)23)8-10(4)25-12(20)6-2/h5-6,9-10H,1-2,7-8H2,3-4H3,(H,16,21,22). The third-order valence-electron chi connectivity index (χ3n) is 3.01. The Morgan fingerprint density at radius 1 is 0.960 bits per heavy atom. The van der Waals surface area contributed by atoms with Gasteiger partial charge in [-0.15, -0.1) is 0 Å². The van der Waals surface area contributed by atoms with Gasteiger partial charge in [0.2, 0.25) is 0 Å². The zero-order valence-corrected chi connectivity index (χ0v) is 13.9. The van der Waals surface area contributed by atoms with Gasteiger partial charge >= 0.3 is 29.0 Å². The number of carbonyl (C=O) groups is 2. The first-order valence-electron chi connectivity index (χ1n) is 7.29. The highest BCUT2D eigenvalue weighted by Crippen LogP contribution is 1.96. The molecule has 2 atom stereocenters. The SMILES string of the molecule is C=CC(=O)OC(C)Cn1c(=O)[nH]c(=O)n(CC(C)OC(=O)C=C)c1=O. The molecule has 1 N–H and O–H groups in total. The summed E-state index contributed by atoms with van der Waals surface area (Å²) in [5, 5.41) is 0. The number of ether oxygens (including phenoxy) is 2. The van der Waals surface area contributed by atoms with Crippen LogP contribution in [-0.2, 0) is 32.2 Å². The lowest BCUT2D eigenvalue weighted by Crippen LogP contribution is -2.51. The van der Waals surface area contributed by atoms with Gasteiger partial charge in [-0.05, 0) is 13.8 Å². The van der Waals surface area contributed by atoms with E-state index in [1.165, 1.54) is 13.8 Å². The first-order chi connectivity index (χ1) is 11.7. The average Bonchev–Trinajstić information content (AvgIpc) is 2.55. The minimum Gasteiger partial charge on any atom is -0.458 e. The Kier molecular flexibility index (Phi) is 6.85. The highest BCUT2D eigenvalue weighted by atomic mass is 16.5. The molecule has 10 nitrogen and oxygen atoms in total. The van der Waals surface area contributed by atoms with Crippen molar-refractivity contribution in [2.45, 2.75) is 39.1 Å². The summed E-state index contributed by atoms with van der Waals surface area (Å²) in [6.45, 7) is 8.88. The van der Waals surface area contributed by atoms with Crippen LogP contribution in [0.5, 0.6) is 0 Å². The van der Waals surface area contributed by atoms with Crippen LogP contribution >= 0.6 is 0 Å². The van der Waals surface area contributed by atoms with Crippen LogP contribution in [0.4, 0.5) is 0 Å². The van der Waals surface area contributed by atoms with Crippen molar-refractivity contribution in [1.29, 1.82) is 0 Å². The molecule has 10 heteroatoms. The minimum atomic E-state index is -0.941. The van der Waals surface area contributed by atoms with Crippen molar-refractivity contribution in [3.8, 4) is 0 Å². The molecule has 0 radical (unpaired) electrons. The number of aromatic amines is 1. The predicted octanol–water partition coefficient (Wildman–Crippen LogP) is -1.07. The molecule has 0 aliphatic rings. The van der Waals surface area contributed by atoms with Crippen LogP contribution in [0.3, 0.4) is 0 Å². The van der Waals surface area contributed by atoms with Gasteiger partial charge in [-0.2, -0.15) is 0 Å². The molecular formula is C15H19N3O7. The highest BCUT2D eigenvalue weighted by molar-refractivity contribution is 5.81. The molecule has 0 bridgehead atoms. The van der Waals surface area contributed by atoms with Gasteiger partial charge in [-0.3, -0.25) is 4.98 Å². The fraction of sp³-hybridized carbons (Fsp3) is 0.400. The van der Waals surface area contributed by atoms with E-state index < -0.39 is 41.2 Å². The van der Waals surface area contributed by atoms with Crippen molar-refractivity contribution >= 4 is 11.9 Å². The van der Waals surface area contributed by atoms with Crippen molar-refractivity contribution in [2.75, 3.05) is 0 Å². The van der Waals surface area contributed by atoms with Crippen LogP contribution < -0.4 is 17.1 Å². The average molecular weight is 353 g/mol. The van der Waals surface area contributed by atoms with Gasteiger partial charge in [0.15, 0.2) is 0 Å². The summed E-state index contributed by atoms with van der Waals surface area (Å²) in [6, 6.07) is 0. The van der Waals surface area contributed by atoms with E-state index in [0.717, 1.165) is 12.2 Å². The summed E-state index contributed by atoms with van der Waals surface area (Å²) < 4.78 is 11.2. The van der Waals surface area contributed by atoms with Gasteiger partial charge in [-0.25, -0.2) is 33.1 Å². The summed E-state index contributed by atoms with van der Waals surface area (Å²) in [5.41, 5.74) is -2.80. The molecule has 0 saturated heterocycles. The molecule has 2 unspecified atom stereocenters. The van der Waals surface area contributed by atoms with E-state index in [1.807, 2.05) is 4.98 Å². The molecule has 0 aliphatic heterocycles. The zero-order valence-electron chi connectivity index (χ0n) is 13.9. The Morgan fingerprint density at radius 2 is 1.32 bits per heavy atom. The summed E-state index contributed by atoms with van der Waals surface area (Å²) in [6.07, 6.45) is 0.262. The van der Waals surface area contributed by atoms with E-state index in [1.54, 1.807) is 0 Å². The van der Waals surface area contributed by atoms with Gasteiger partial charge in [0.1, 0.15) is 12.2 Å². The largest absolute Gasteiger partial charge is 0.458 e. The van der Waals surface area contributed by atoms with E-state index in [2.05, 4.69) is 13.2 Å². The van der Waals surface area contributed by atoms with Crippen molar-refractivity contribution in [3.63, 3.8) is 0 Å². The number of H-pyrrole nitrogens is 1. The molecule has 25 heavy (non-hydrogen) atoms. The number of carbonyl (C=O) groups excluding carboxylic acids is 2. The van der Waals surface area contributed by atoms with Crippen LogP contribution in [-0.4, -0.2) is 38.3 Å². The van der Waals surface area contributed by atoms with Crippen molar-refractivity contribution in [1.82, 2.24) is 14.1 Å². The van der Waals surface area contributed by atoms with Crippen molar-refractivity contribution < 1.29 is 19.1 Å². The Balaban J connectivity index is 3.11. The van der Waals surface area contributed by atoms with Gasteiger partial charge in [0.05, 0.1) is 13.1 Å². The molecule has 1 rings (SSSR count). The Labute approximate surface area is 142 Å². The van der Waals surface area contributed by atoms with Crippen molar-refractivity contribution in [3.05, 3.63) is 56.8 Å². The molecule has 1 aromatic rings. The van der Waals surface area contributed by atoms with E-state index >= 15 is 0 Å². The number of nitrogens with zero attached hydrogens (tertiary/aromatic N) is 2. The number of esters is 2. The minimum absolute atomic E-state index is 0.269. The molecule has 0 fully saturated rings. The normalized spacial score (nSPS) is 12.7. The maximum atomic E-state index is 12.4. The Hall–Kier alpha value is -3.17. The molecule has 0 aliphatic carbocycles. The first kappa shape index (κ1) is 19.9. The lowest BCUT2D eigenvalue weighted by atomic mass is 10.4. The molecule has 136 valence electrons. The fourth-order valence-electron chi connectivity index (χ4n) is 1.95. The summed E-state index contributed by atoms with van der Waals surface area (Å²) in [4.78, 5) is 60.4. The van der Waals surface area contributed by atoms with E-state index in [0.29, 0.717) is 9.13 Å². The van der Waals surface area contributed by atoms with Gasteiger partial charge in [0, 0.05) is 12.2 Å². The van der Waals surface area contributed by atoms with Crippen LogP contribution in [0.15, 0.2) is 39.7 Å². The molecule has 1 heterocycles. The quantitative estimate of drug-likeness (QED) is 0.465. The predicted molar refractivity (Wildman–Crippen MR) is 87.1 cm³/mol. The molecule has 0 spiro atoms. The second-order valence-electron chi connectivity index (χ2n) is 5.14. The van der Waals surface area contributed by atoms with E-state index in [9.17, 15) is 24.0 Å². The lowest BCUT2D eigenvalue weighted by molar-refractivity contribution is -0.143. The number of rotatable bonds is 8. The molecule has 0 saturated carbocycles. The maximum absolute atomic E-state index is 12.4. The third kappa shape index (κ3) is 5.44. The Bertz CT molecular complexity index is 781. The van der Waals surface area contributed by atoms with Crippen LogP contribution in [0.25, 0.3) is 0 Å². The summed E-state index contributed by atoms with van der Waals surface area (Å²) in [7, 11) is 0. The van der Waals surface area contributed by atoms with Gasteiger partial charge < -0.3 is 9.47 Å². The van der Waals surface area contributed by atoms with E-state index in [-0.39, 0.29) is 13.1 Å². The van der Waals surface area contributed by atoms with Gasteiger partial charge in [0.25, 0.3) is 0 Å². The maximum Gasteiger partial charge on any atom is 0.336 e. The fourth-order valence-corrected chi connectivity index (χ4v) is 1.95. The smallest absolute Gasteiger partial charge is 0.336 e. The summed E-state index contributed by atoms with van der Waals surface area (Å²) >= 11 is 0. The van der Waals surface area contributed by atoms with E-state index in [4.69, 9.17) is 9.47 Å². The molecule has 0 aromatic carbocycles. The van der Waals surface area contributed by atoms with Gasteiger partial charge in [-0.1, -0.05) is 13.2 Å². The number of aromatic nitrogens is 3. The Morgan fingerprint density at radius 3 is 1.64 bits per heavy atom. The second-order valence-corrected chi connectivity index (χ2v) is 5.14. The number of hydrogen-bond donors (Lipinski definition) is 1. The molecule has 1 aromatic heterocycles. The third-order valence-corrected chi connectivity index (χ3v) is 3.01. The summed E-state index contributed by atoms with van der Waals surface area (Å²) in [5.74, 6) is -1.43.